The third kappa shape index (κ3) is 5.91. The summed E-state index contributed by atoms with van der Waals surface area (Å²) in [4.78, 5) is 21.2. The number of rotatable bonds is 4. The first-order chi connectivity index (χ1) is 5.20. The molecule has 64 valence electrons. The van der Waals surface area contributed by atoms with Crippen LogP contribution >= 0.6 is 12.6 Å². The van der Waals surface area contributed by atoms with E-state index in [1.54, 1.807) is 6.92 Å². The first kappa shape index (κ1) is 10.5. The highest BCUT2D eigenvalue weighted by molar-refractivity contribution is 7.80. The normalized spacial score (nSPS) is 9.27. The maximum atomic E-state index is 10.7. The number of thiol groups is 1. The molecule has 0 rings (SSSR count). The van der Waals surface area contributed by atoms with Crippen molar-refractivity contribution in [2.45, 2.75) is 26.2 Å². The highest BCUT2D eigenvalue weighted by Crippen LogP contribution is 1.95. The van der Waals surface area contributed by atoms with Crippen molar-refractivity contribution in [1.82, 2.24) is 0 Å². The molecule has 0 aromatic rings. The quantitative estimate of drug-likeness (QED) is 0.397. The first-order valence-electron chi connectivity index (χ1n) is 3.55. The Morgan fingerprint density at radius 2 is 2.00 bits per heavy atom. The minimum Gasteiger partial charge on any atom is -0.393 e. The SMILES string of the molecule is CCC(=O)OC(=O)CCCS. The Balaban J connectivity index is 3.44. The summed E-state index contributed by atoms with van der Waals surface area (Å²) in [6.45, 7) is 1.65. The Morgan fingerprint density at radius 3 is 2.45 bits per heavy atom. The van der Waals surface area contributed by atoms with Gasteiger partial charge in [0.05, 0.1) is 0 Å². The number of ether oxygens (including phenoxy) is 1. The van der Waals surface area contributed by atoms with Crippen LogP contribution in [0, 0.1) is 0 Å². The van der Waals surface area contributed by atoms with E-state index in [1.165, 1.54) is 0 Å². The zero-order valence-electron chi connectivity index (χ0n) is 6.50. The monoisotopic (exact) mass is 176 g/mol. The van der Waals surface area contributed by atoms with Crippen LogP contribution in [0.25, 0.3) is 0 Å². The molecular formula is C7H12O3S. The molecule has 0 aromatic carbocycles. The summed E-state index contributed by atoms with van der Waals surface area (Å²) >= 11 is 3.92. The van der Waals surface area contributed by atoms with Crippen molar-refractivity contribution in [3.05, 3.63) is 0 Å². The summed E-state index contributed by atoms with van der Waals surface area (Å²) in [5.41, 5.74) is 0. The number of carbonyl (C=O) groups is 2. The molecule has 0 fully saturated rings. The molecule has 0 unspecified atom stereocenters. The van der Waals surface area contributed by atoms with E-state index in [0.717, 1.165) is 0 Å². The minimum atomic E-state index is -0.464. The second kappa shape index (κ2) is 6.22. The van der Waals surface area contributed by atoms with E-state index < -0.39 is 11.9 Å². The molecule has 4 heteroatoms. The van der Waals surface area contributed by atoms with Crippen LogP contribution in [0.4, 0.5) is 0 Å². The Kier molecular flexibility index (Phi) is 5.93. The van der Waals surface area contributed by atoms with Crippen molar-refractivity contribution in [2.24, 2.45) is 0 Å². The Bertz CT molecular complexity index is 145. The van der Waals surface area contributed by atoms with Gasteiger partial charge in [0, 0.05) is 12.8 Å². The van der Waals surface area contributed by atoms with E-state index in [2.05, 4.69) is 17.4 Å². The van der Waals surface area contributed by atoms with Crippen LogP contribution in [0.3, 0.4) is 0 Å². The number of esters is 2. The summed E-state index contributed by atoms with van der Waals surface area (Å²) in [7, 11) is 0. The molecule has 0 aliphatic heterocycles. The molecule has 0 bridgehead atoms. The minimum absolute atomic E-state index is 0.243. The predicted octanol–water partition coefficient (Wildman–Crippen LogP) is 1.18. The maximum Gasteiger partial charge on any atom is 0.313 e. The molecule has 0 radical (unpaired) electrons. The van der Waals surface area contributed by atoms with Crippen molar-refractivity contribution in [3.8, 4) is 0 Å². The highest BCUT2D eigenvalue weighted by Gasteiger charge is 2.06. The second-order valence-electron chi connectivity index (χ2n) is 2.03. The lowest BCUT2D eigenvalue weighted by Gasteiger charge is -1.98. The van der Waals surface area contributed by atoms with Gasteiger partial charge in [0.15, 0.2) is 0 Å². The van der Waals surface area contributed by atoms with E-state index in [0.29, 0.717) is 12.2 Å². The van der Waals surface area contributed by atoms with Crippen molar-refractivity contribution >= 4 is 24.6 Å². The van der Waals surface area contributed by atoms with Gasteiger partial charge in [0.1, 0.15) is 0 Å². The van der Waals surface area contributed by atoms with Gasteiger partial charge >= 0.3 is 11.9 Å². The number of carbonyl (C=O) groups excluding carboxylic acids is 2. The van der Waals surface area contributed by atoms with Crippen molar-refractivity contribution in [2.75, 3.05) is 5.75 Å². The molecule has 0 aliphatic rings. The zero-order valence-corrected chi connectivity index (χ0v) is 7.39. The highest BCUT2D eigenvalue weighted by atomic mass is 32.1. The average molecular weight is 176 g/mol. The fourth-order valence-electron chi connectivity index (χ4n) is 0.474. The Morgan fingerprint density at radius 1 is 1.36 bits per heavy atom. The number of hydrogen-bond acceptors (Lipinski definition) is 4. The van der Waals surface area contributed by atoms with E-state index in [9.17, 15) is 9.59 Å². The van der Waals surface area contributed by atoms with Crippen LogP contribution in [0.1, 0.15) is 26.2 Å². The molecule has 0 N–H and O–H groups in total. The lowest BCUT2D eigenvalue weighted by molar-refractivity contribution is -0.159. The largest absolute Gasteiger partial charge is 0.393 e. The van der Waals surface area contributed by atoms with Crippen LogP contribution in [-0.4, -0.2) is 17.7 Å². The average Bonchev–Trinajstić information content (AvgIpc) is 2.00. The van der Waals surface area contributed by atoms with E-state index in [1.807, 2.05) is 0 Å². The van der Waals surface area contributed by atoms with Crippen molar-refractivity contribution in [1.29, 1.82) is 0 Å². The first-order valence-corrected chi connectivity index (χ1v) is 4.18. The molecule has 0 amide bonds. The third-order valence-electron chi connectivity index (χ3n) is 1.06. The van der Waals surface area contributed by atoms with Gasteiger partial charge in [-0.25, -0.2) is 0 Å². The van der Waals surface area contributed by atoms with Crippen LogP contribution < -0.4 is 0 Å². The topological polar surface area (TPSA) is 43.4 Å². The third-order valence-corrected chi connectivity index (χ3v) is 1.37. The van der Waals surface area contributed by atoms with Gasteiger partial charge in [-0.1, -0.05) is 6.92 Å². The molecule has 3 nitrogen and oxygen atoms in total. The van der Waals surface area contributed by atoms with E-state index >= 15 is 0 Å². The van der Waals surface area contributed by atoms with E-state index in [-0.39, 0.29) is 12.8 Å². The molecular weight excluding hydrogens is 164 g/mol. The van der Waals surface area contributed by atoms with Crippen LogP contribution in [0.2, 0.25) is 0 Å². The molecule has 0 atom stereocenters. The Labute approximate surface area is 71.5 Å². The summed E-state index contributed by atoms with van der Waals surface area (Å²) < 4.78 is 4.39. The van der Waals surface area contributed by atoms with Crippen molar-refractivity contribution < 1.29 is 14.3 Å². The molecule has 0 heterocycles. The van der Waals surface area contributed by atoms with Gasteiger partial charge in [-0.2, -0.15) is 12.6 Å². The Hall–Kier alpha value is -0.510. The predicted molar refractivity (Wildman–Crippen MR) is 44.5 cm³/mol. The molecule has 0 aliphatic carbocycles. The summed E-state index contributed by atoms with van der Waals surface area (Å²) in [6, 6.07) is 0. The number of hydrogen-bond donors (Lipinski definition) is 1. The lowest BCUT2D eigenvalue weighted by Crippen LogP contribution is -2.10. The fraction of sp³-hybridized carbons (Fsp3) is 0.714. The van der Waals surface area contributed by atoms with Crippen molar-refractivity contribution in [3.63, 3.8) is 0 Å². The fourth-order valence-corrected chi connectivity index (χ4v) is 0.632. The van der Waals surface area contributed by atoms with Crippen LogP contribution in [0.15, 0.2) is 0 Å². The van der Waals surface area contributed by atoms with Gasteiger partial charge in [0.25, 0.3) is 0 Å². The maximum absolute atomic E-state index is 10.7. The zero-order chi connectivity index (χ0) is 8.69. The standard InChI is InChI=1S/C7H12O3S/c1-2-6(8)10-7(9)4-3-5-11/h11H,2-5H2,1H3. The van der Waals surface area contributed by atoms with Crippen LogP contribution in [0.5, 0.6) is 0 Å². The van der Waals surface area contributed by atoms with Gasteiger partial charge in [-0.05, 0) is 12.2 Å². The van der Waals surface area contributed by atoms with Gasteiger partial charge in [-0.3, -0.25) is 9.59 Å². The van der Waals surface area contributed by atoms with E-state index in [4.69, 9.17) is 0 Å². The molecule has 11 heavy (non-hydrogen) atoms. The van der Waals surface area contributed by atoms with Crippen LogP contribution in [-0.2, 0) is 14.3 Å². The smallest absolute Gasteiger partial charge is 0.313 e. The molecule has 0 spiro atoms. The van der Waals surface area contributed by atoms with Gasteiger partial charge < -0.3 is 4.74 Å². The molecule has 0 saturated carbocycles. The molecule has 0 aromatic heterocycles. The summed E-state index contributed by atoms with van der Waals surface area (Å²) in [5, 5.41) is 0. The van der Waals surface area contributed by atoms with Gasteiger partial charge in [0.2, 0.25) is 0 Å². The van der Waals surface area contributed by atoms with Gasteiger partial charge in [-0.15, -0.1) is 0 Å². The lowest BCUT2D eigenvalue weighted by atomic mass is 10.3. The summed E-state index contributed by atoms with van der Waals surface area (Å²) in [5.74, 6) is -0.282. The second-order valence-corrected chi connectivity index (χ2v) is 2.47. The summed E-state index contributed by atoms with van der Waals surface area (Å²) in [6.07, 6.45) is 1.17. The molecule has 0 saturated heterocycles.